The van der Waals surface area contributed by atoms with Gasteiger partial charge in [0, 0.05) is 46.8 Å². The van der Waals surface area contributed by atoms with Crippen LogP contribution in [0.3, 0.4) is 0 Å². The number of aromatic amines is 1. The van der Waals surface area contributed by atoms with Crippen LogP contribution in [0.4, 0.5) is 11.4 Å². The van der Waals surface area contributed by atoms with Gasteiger partial charge in [0.25, 0.3) is 0 Å². The highest BCUT2D eigenvalue weighted by Gasteiger charge is 2.72. The normalized spacial score (nSPS) is 28.8. The molecule has 2 bridgehead atoms. The molecule has 4 atom stereocenters. The summed E-state index contributed by atoms with van der Waals surface area (Å²) < 4.78 is 6.71. The summed E-state index contributed by atoms with van der Waals surface area (Å²) in [6.07, 6.45) is 4.24. The van der Waals surface area contributed by atoms with Crippen molar-refractivity contribution in [1.29, 1.82) is 0 Å². The summed E-state index contributed by atoms with van der Waals surface area (Å²) in [7, 11) is 0. The Morgan fingerprint density at radius 3 is 2.79 bits per heavy atom. The largest absolute Gasteiger partial charge is 0.504 e. The summed E-state index contributed by atoms with van der Waals surface area (Å²) in [6, 6.07) is 17.5. The van der Waals surface area contributed by atoms with Gasteiger partial charge in [0.1, 0.15) is 0 Å². The van der Waals surface area contributed by atoms with E-state index in [9.17, 15) is 10.2 Å². The van der Waals surface area contributed by atoms with Crippen molar-refractivity contribution in [1.82, 2.24) is 9.88 Å². The van der Waals surface area contributed by atoms with Crippen molar-refractivity contribution in [3.05, 3.63) is 82.5 Å². The van der Waals surface area contributed by atoms with Gasteiger partial charge in [-0.1, -0.05) is 18.2 Å². The first-order chi connectivity index (χ1) is 20.8. The number of aromatic nitrogens is 1. The van der Waals surface area contributed by atoms with E-state index in [0.29, 0.717) is 30.4 Å². The molecule has 0 amide bonds. The van der Waals surface area contributed by atoms with Gasteiger partial charge < -0.3 is 36.7 Å². The Bertz CT molecular complexity index is 1830. The van der Waals surface area contributed by atoms with Crippen molar-refractivity contribution in [3.63, 3.8) is 0 Å². The number of nitrogen functional groups attached to an aromatic ring is 1. The van der Waals surface area contributed by atoms with Crippen LogP contribution in [-0.2, 0) is 24.8 Å². The quantitative estimate of drug-likeness (QED) is 0.119. The van der Waals surface area contributed by atoms with E-state index in [1.165, 1.54) is 18.4 Å². The van der Waals surface area contributed by atoms with Gasteiger partial charge in [-0.05, 0) is 91.2 Å². The maximum atomic E-state index is 13.1. The molecule has 2 aliphatic heterocycles. The summed E-state index contributed by atoms with van der Waals surface area (Å²) in [5.74, 6) is 1.77. The lowest BCUT2D eigenvalue weighted by Crippen LogP contribution is -2.74. The van der Waals surface area contributed by atoms with Crippen LogP contribution in [0.1, 0.15) is 53.3 Å². The predicted octanol–water partition coefficient (Wildman–Crippen LogP) is 4.08. The van der Waals surface area contributed by atoms with Crippen molar-refractivity contribution < 1.29 is 14.9 Å². The van der Waals surface area contributed by atoms with Crippen LogP contribution in [0.25, 0.3) is 10.9 Å². The third-order valence-electron chi connectivity index (χ3n) is 10.8. The number of aliphatic hydroxyl groups is 1. The van der Waals surface area contributed by atoms with E-state index in [1.807, 2.05) is 42.5 Å². The lowest BCUT2D eigenvalue weighted by atomic mass is 9.49. The molecular formula is C34H36N6O3. The third kappa shape index (κ3) is 3.49. The molecule has 220 valence electrons. The number of rotatable bonds is 5. The number of phenols is 1. The molecule has 3 aliphatic carbocycles. The first-order valence-corrected chi connectivity index (χ1v) is 15.4. The van der Waals surface area contributed by atoms with Crippen molar-refractivity contribution in [2.45, 2.75) is 61.8 Å². The molecule has 0 unspecified atom stereocenters. The zero-order chi connectivity index (χ0) is 29.1. The average molecular weight is 577 g/mol. The topological polar surface area (TPSA) is 145 Å². The first-order valence-electron chi connectivity index (χ1n) is 15.4. The number of nitrogens with one attached hydrogen (secondary N) is 2. The molecule has 2 fully saturated rings. The Morgan fingerprint density at radius 1 is 1.14 bits per heavy atom. The van der Waals surface area contributed by atoms with Gasteiger partial charge in [0.2, 0.25) is 0 Å². The number of likely N-dealkylation sites (tertiary alicyclic amines) is 1. The van der Waals surface area contributed by atoms with Gasteiger partial charge in [-0.15, -0.1) is 0 Å². The fraction of sp³-hybridized carbons (Fsp3) is 0.382. The molecule has 0 radical (unpaired) electrons. The summed E-state index contributed by atoms with van der Waals surface area (Å²) in [5.41, 5.74) is 18.3. The predicted molar refractivity (Wildman–Crippen MR) is 166 cm³/mol. The molecule has 4 aromatic rings. The lowest BCUT2D eigenvalue weighted by molar-refractivity contribution is -0.173. The highest BCUT2D eigenvalue weighted by molar-refractivity contribution is 5.96. The maximum Gasteiger partial charge on any atom is 0.193 e. The molecular weight excluding hydrogens is 540 g/mol. The number of phenolic OH excluding ortho intramolecular Hbond substituents is 1. The number of nitrogens with two attached hydrogens (primary N) is 2. The Labute approximate surface area is 249 Å². The minimum absolute atomic E-state index is 0.00790. The molecule has 3 heterocycles. The standard InChI is InChI=1S/C34H36N6O3/c35-21-6-3-18(4-7-21)16-37-32(36)38-22-8-9-25-23(14-22)24-15-34(42)27-13-20-5-10-26(41)30-28(20)33(34,31(43-30)29(24)39-25)11-12-40(27)17-19-1-2-19/h3-10,14,19,27,31,39,41-42H,1-2,11-13,15-17,35H2,(H3,36,37,38)/t27-,31+,33+,34-/m1/s1. The van der Waals surface area contributed by atoms with Crippen molar-refractivity contribution >= 4 is 28.2 Å². The zero-order valence-corrected chi connectivity index (χ0v) is 23.9. The minimum atomic E-state index is -1.03. The van der Waals surface area contributed by atoms with Crippen molar-refractivity contribution in [3.8, 4) is 11.5 Å². The molecule has 9 heteroatoms. The van der Waals surface area contributed by atoms with Crippen LogP contribution in [-0.4, -0.2) is 50.8 Å². The van der Waals surface area contributed by atoms with Gasteiger partial charge in [-0.2, -0.15) is 0 Å². The van der Waals surface area contributed by atoms with Gasteiger partial charge in [-0.25, -0.2) is 4.99 Å². The van der Waals surface area contributed by atoms with Crippen LogP contribution in [0.5, 0.6) is 11.5 Å². The molecule has 1 aromatic heterocycles. The van der Waals surface area contributed by atoms with E-state index >= 15 is 0 Å². The number of H-pyrrole nitrogens is 1. The maximum absolute atomic E-state index is 13.1. The molecule has 43 heavy (non-hydrogen) atoms. The summed E-state index contributed by atoms with van der Waals surface area (Å²) in [5, 5.41) is 28.3. The number of anilines is 2. The summed E-state index contributed by atoms with van der Waals surface area (Å²) >= 11 is 0. The van der Waals surface area contributed by atoms with Crippen LogP contribution >= 0.6 is 0 Å². The molecule has 1 saturated heterocycles. The summed E-state index contributed by atoms with van der Waals surface area (Å²) in [6.45, 7) is 2.41. The molecule has 9 rings (SSSR count). The fourth-order valence-electron chi connectivity index (χ4n) is 8.69. The number of nitrogens with zero attached hydrogens (tertiary/aromatic N) is 2. The number of hydrogen-bond acceptors (Lipinski definition) is 6. The van der Waals surface area contributed by atoms with Gasteiger partial charge in [0.15, 0.2) is 23.6 Å². The molecule has 5 aliphatic rings. The van der Waals surface area contributed by atoms with E-state index in [-0.39, 0.29) is 11.8 Å². The van der Waals surface area contributed by atoms with Crippen LogP contribution in [0, 0.1) is 5.92 Å². The number of piperidine rings is 1. The number of hydrogen-bond donors (Lipinski definition) is 6. The Kier molecular flexibility index (Phi) is 5.10. The lowest BCUT2D eigenvalue weighted by Gasteiger charge is -2.62. The molecule has 9 nitrogen and oxygen atoms in total. The number of aliphatic imine (C=N–C) groups is 1. The number of ether oxygens (including phenoxy) is 1. The van der Waals surface area contributed by atoms with E-state index in [0.717, 1.165) is 70.8 Å². The van der Waals surface area contributed by atoms with Gasteiger partial charge >= 0.3 is 0 Å². The Balaban J connectivity index is 1.12. The van der Waals surface area contributed by atoms with E-state index < -0.39 is 17.1 Å². The van der Waals surface area contributed by atoms with Crippen LogP contribution in [0.2, 0.25) is 0 Å². The number of benzene rings is 3. The highest BCUT2D eigenvalue weighted by atomic mass is 16.5. The minimum Gasteiger partial charge on any atom is -0.504 e. The monoisotopic (exact) mass is 576 g/mol. The van der Waals surface area contributed by atoms with Crippen LogP contribution < -0.4 is 21.5 Å². The van der Waals surface area contributed by atoms with E-state index in [4.69, 9.17) is 16.2 Å². The van der Waals surface area contributed by atoms with Crippen LogP contribution in [0.15, 0.2) is 59.6 Å². The number of aromatic hydroxyl groups is 1. The van der Waals surface area contributed by atoms with Gasteiger partial charge in [0.05, 0.1) is 23.3 Å². The molecule has 8 N–H and O–H groups in total. The second-order valence-electron chi connectivity index (χ2n) is 13.3. The second-order valence-corrected chi connectivity index (χ2v) is 13.3. The number of guanidine groups is 1. The smallest absolute Gasteiger partial charge is 0.193 e. The Morgan fingerprint density at radius 2 is 1.98 bits per heavy atom. The fourth-order valence-corrected chi connectivity index (χ4v) is 8.69. The zero-order valence-electron chi connectivity index (χ0n) is 23.9. The van der Waals surface area contributed by atoms with Crippen molar-refractivity contribution in [2.75, 3.05) is 24.1 Å². The molecule has 1 saturated carbocycles. The Hall–Kier alpha value is -4.21. The number of fused-ring (bicyclic) bond motifs is 4. The second kappa shape index (κ2) is 8.67. The van der Waals surface area contributed by atoms with Crippen molar-refractivity contribution in [2.24, 2.45) is 16.6 Å². The highest BCUT2D eigenvalue weighted by Crippen LogP contribution is 2.69. The first kappa shape index (κ1) is 25.3. The van der Waals surface area contributed by atoms with E-state index in [1.54, 1.807) is 6.07 Å². The SMILES string of the molecule is NC(=NCc1ccc(N)cc1)Nc1ccc2[nH]c3c(c2c1)C[C@@]1(O)[C@H]2Cc4ccc(O)c5c4[C@@]1(CCN2CC1CC1)[C@H]3O5. The average Bonchev–Trinajstić information content (AvgIpc) is 3.64. The molecule has 3 aromatic carbocycles. The van der Waals surface area contributed by atoms with Gasteiger partial charge in [-0.3, -0.25) is 4.90 Å². The van der Waals surface area contributed by atoms with E-state index in [2.05, 4.69) is 26.3 Å². The third-order valence-corrected chi connectivity index (χ3v) is 10.8. The summed E-state index contributed by atoms with van der Waals surface area (Å²) in [4.78, 5) is 10.7. The molecule has 1 spiro atoms.